The number of carbonyl (C=O) groups excluding carboxylic acids is 2. The molecule has 0 aliphatic carbocycles. The smallest absolute Gasteiger partial charge is 0.235 e. The van der Waals surface area contributed by atoms with Crippen LogP contribution in [0, 0.1) is 6.92 Å². The first-order chi connectivity index (χ1) is 8.61. The number of hydrogen-bond acceptors (Lipinski definition) is 3. The lowest BCUT2D eigenvalue weighted by atomic mass is 9.97. The van der Waals surface area contributed by atoms with Crippen LogP contribution < -0.4 is 5.73 Å². The third kappa shape index (κ3) is 2.15. The minimum atomic E-state index is -0.567. The van der Waals surface area contributed by atoms with Gasteiger partial charge in [-0.15, -0.1) is 0 Å². The van der Waals surface area contributed by atoms with E-state index >= 15 is 0 Å². The van der Waals surface area contributed by atoms with Crippen LogP contribution >= 0.6 is 0 Å². The third-order valence-electron chi connectivity index (χ3n) is 2.80. The average Bonchev–Trinajstić information content (AvgIpc) is 2.38. The molecular weight excluding hydrogens is 226 g/mol. The Bertz CT molecular complexity index is 562. The van der Waals surface area contributed by atoms with Crippen molar-refractivity contribution in [3.8, 4) is 0 Å². The number of nitrogen functional groups attached to an aromatic ring is 1. The van der Waals surface area contributed by atoms with Gasteiger partial charge >= 0.3 is 0 Å². The van der Waals surface area contributed by atoms with Crippen molar-refractivity contribution in [3.05, 3.63) is 65.2 Å². The van der Waals surface area contributed by atoms with Gasteiger partial charge in [0.1, 0.15) is 0 Å². The Morgan fingerprint density at radius 3 is 1.94 bits per heavy atom. The number of nitrogens with two attached hydrogens (primary N) is 1. The van der Waals surface area contributed by atoms with Crippen molar-refractivity contribution < 1.29 is 9.59 Å². The van der Waals surface area contributed by atoms with Crippen LogP contribution in [0.15, 0.2) is 48.5 Å². The lowest BCUT2D eigenvalue weighted by Gasteiger charge is -2.05. The summed E-state index contributed by atoms with van der Waals surface area (Å²) in [6, 6.07) is 13.6. The molecule has 0 amide bonds. The maximum absolute atomic E-state index is 12.1. The highest BCUT2D eigenvalue weighted by Gasteiger charge is 2.21. The van der Waals surface area contributed by atoms with E-state index in [1.54, 1.807) is 49.4 Å². The maximum Gasteiger partial charge on any atom is 0.235 e. The van der Waals surface area contributed by atoms with Crippen LogP contribution in [0.2, 0.25) is 0 Å². The molecule has 0 unspecified atom stereocenters. The Morgan fingerprint density at radius 2 is 1.33 bits per heavy atom. The third-order valence-corrected chi connectivity index (χ3v) is 2.80. The van der Waals surface area contributed by atoms with Gasteiger partial charge in [-0.25, -0.2) is 0 Å². The number of rotatable bonds is 3. The van der Waals surface area contributed by atoms with Crippen molar-refractivity contribution in [3.63, 3.8) is 0 Å². The highest BCUT2D eigenvalue weighted by Crippen LogP contribution is 2.16. The fraction of sp³-hybridized carbons (Fsp3) is 0.0667. The van der Waals surface area contributed by atoms with E-state index in [2.05, 4.69) is 0 Å². The van der Waals surface area contributed by atoms with Gasteiger partial charge in [0.25, 0.3) is 0 Å². The molecule has 0 aliphatic rings. The van der Waals surface area contributed by atoms with Gasteiger partial charge < -0.3 is 5.73 Å². The second kappa shape index (κ2) is 4.84. The Morgan fingerprint density at radius 1 is 0.833 bits per heavy atom. The van der Waals surface area contributed by atoms with Gasteiger partial charge in [0.15, 0.2) is 0 Å². The highest BCUT2D eigenvalue weighted by molar-refractivity contribution is 6.50. The van der Waals surface area contributed by atoms with E-state index in [1.807, 2.05) is 6.07 Å². The second-order valence-electron chi connectivity index (χ2n) is 4.06. The summed E-state index contributed by atoms with van der Waals surface area (Å²) in [6.07, 6.45) is 0. The Hall–Kier alpha value is -2.42. The molecule has 2 rings (SSSR count). The predicted molar refractivity (Wildman–Crippen MR) is 70.7 cm³/mol. The Balaban J connectivity index is 2.39. The van der Waals surface area contributed by atoms with Crippen LogP contribution in [0.4, 0.5) is 5.69 Å². The first kappa shape index (κ1) is 12.0. The fourth-order valence-corrected chi connectivity index (χ4v) is 1.78. The predicted octanol–water partition coefficient (Wildman–Crippen LogP) is 2.64. The summed E-state index contributed by atoms with van der Waals surface area (Å²) in [4.78, 5) is 24.2. The topological polar surface area (TPSA) is 60.2 Å². The van der Waals surface area contributed by atoms with Gasteiger partial charge in [-0.1, -0.05) is 36.4 Å². The molecule has 0 saturated heterocycles. The molecule has 0 fully saturated rings. The first-order valence-corrected chi connectivity index (χ1v) is 5.60. The van der Waals surface area contributed by atoms with Gasteiger partial charge in [0, 0.05) is 16.8 Å². The van der Waals surface area contributed by atoms with Crippen LogP contribution in [0.1, 0.15) is 26.3 Å². The van der Waals surface area contributed by atoms with Gasteiger partial charge in [-0.3, -0.25) is 9.59 Å². The molecule has 0 aliphatic heterocycles. The molecule has 0 bridgehead atoms. The van der Waals surface area contributed by atoms with Gasteiger partial charge in [0.2, 0.25) is 11.6 Å². The number of carbonyl (C=O) groups is 2. The van der Waals surface area contributed by atoms with E-state index in [4.69, 9.17) is 5.73 Å². The molecule has 0 radical (unpaired) electrons. The van der Waals surface area contributed by atoms with Gasteiger partial charge in [-0.05, 0) is 24.6 Å². The van der Waals surface area contributed by atoms with Crippen molar-refractivity contribution in [1.29, 1.82) is 0 Å². The fourth-order valence-electron chi connectivity index (χ4n) is 1.78. The summed E-state index contributed by atoms with van der Waals surface area (Å²) >= 11 is 0. The van der Waals surface area contributed by atoms with E-state index in [9.17, 15) is 9.59 Å². The average molecular weight is 239 g/mol. The monoisotopic (exact) mass is 239 g/mol. The summed E-state index contributed by atoms with van der Waals surface area (Å²) < 4.78 is 0. The summed E-state index contributed by atoms with van der Waals surface area (Å²) in [6.45, 7) is 1.80. The van der Waals surface area contributed by atoms with Gasteiger partial charge in [-0.2, -0.15) is 0 Å². The summed E-state index contributed by atoms with van der Waals surface area (Å²) in [7, 11) is 0. The van der Waals surface area contributed by atoms with Crippen molar-refractivity contribution in [2.45, 2.75) is 6.92 Å². The van der Waals surface area contributed by atoms with Crippen molar-refractivity contribution in [2.75, 3.05) is 5.73 Å². The van der Waals surface area contributed by atoms with E-state index in [-0.39, 0.29) is 5.56 Å². The Kier molecular flexibility index (Phi) is 3.24. The number of Topliss-reactive ketones (excluding diaryl/α,β-unsaturated/α-hetero) is 2. The zero-order valence-corrected chi connectivity index (χ0v) is 10.0. The minimum Gasteiger partial charge on any atom is -0.398 e. The molecular formula is C15H13NO2. The number of aryl methyl sites for hydroxylation is 1. The molecule has 2 N–H and O–H groups in total. The van der Waals surface area contributed by atoms with Gasteiger partial charge in [0.05, 0.1) is 0 Å². The summed E-state index contributed by atoms with van der Waals surface area (Å²) in [5, 5.41) is 0. The zero-order chi connectivity index (χ0) is 13.1. The normalized spacial score (nSPS) is 10.1. The summed E-state index contributed by atoms with van der Waals surface area (Å²) in [5.41, 5.74) is 7.49. The molecule has 18 heavy (non-hydrogen) atoms. The van der Waals surface area contributed by atoms with E-state index in [0.717, 1.165) is 5.56 Å². The number of hydrogen-bond donors (Lipinski definition) is 1. The molecule has 2 aromatic rings. The van der Waals surface area contributed by atoms with E-state index in [1.165, 1.54) is 0 Å². The highest BCUT2D eigenvalue weighted by atomic mass is 16.2. The quantitative estimate of drug-likeness (QED) is 0.509. The van der Waals surface area contributed by atoms with E-state index in [0.29, 0.717) is 11.3 Å². The van der Waals surface area contributed by atoms with Crippen LogP contribution in [0.3, 0.4) is 0 Å². The molecule has 0 spiro atoms. The summed E-state index contributed by atoms with van der Waals surface area (Å²) in [5.74, 6) is -1.09. The number of benzene rings is 2. The van der Waals surface area contributed by atoms with Crippen molar-refractivity contribution in [1.82, 2.24) is 0 Å². The van der Waals surface area contributed by atoms with Crippen LogP contribution in [0.25, 0.3) is 0 Å². The van der Waals surface area contributed by atoms with E-state index < -0.39 is 11.6 Å². The molecule has 3 heteroatoms. The molecule has 0 atom stereocenters. The molecule has 0 saturated carbocycles. The number of para-hydroxylation sites is 1. The molecule has 0 aromatic heterocycles. The molecule has 0 heterocycles. The largest absolute Gasteiger partial charge is 0.398 e. The standard InChI is InChI=1S/C15H13NO2/c1-10-6-2-3-7-11(10)14(17)15(18)12-8-4-5-9-13(12)16/h2-9H,16H2,1H3. The molecule has 90 valence electrons. The van der Waals surface area contributed by atoms with Crippen LogP contribution in [-0.2, 0) is 0 Å². The number of anilines is 1. The minimum absolute atomic E-state index is 0.255. The second-order valence-corrected chi connectivity index (χ2v) is 4.06. The molecule has 2 aromatic carbocycles. The van der Waals surface area contributed by atoms with Crippen molar-refractivity contribution in [2.24, 2.45) is 0 Å². The lowest BCUT2D eigenvalue weighted by molar-refractivity contribution is 0.0817. The molecule has 3 nitrogen and oxygen atoms in total. The zero-order valence-electron chi connectivity index (χ0n) is 10.0. The lowest BCUT2D eigenvalue weighted by Crippen LogP contribution is -2.17. The first-order valence-electron chi connectivity index (χ1n) is 5.60. The Labute approximate surface area is 105 Å². The van der Waals surface area contributed by atoms with Crippen LogP contribution in [0.5, 0.6) is 0 Å². The number of ketones is 2. The SMILES string of the molecule is Cc1ccccc1C(=O)C(=O)c1ccccc1N. The van der Waals surface area contributed by atoms with Crippen LogP contribution in [-0.4, -0.2) is 11.6 Å². The van der Waals surface area contributed by atoms with Crippen molar-refractivity contribution >= 4 is 17.3 Å². The maximum atomic E-state index is 12.1.